The van der Waals surface area contributed by atoms with Crippen molar-refractivity contribution < 1.29 is 0 Å². The van der Waals surface area contributed by atoms with Crippen molar-refractivity contribution in [1.29, 1.82) is 0 Å². The van der Waals surface area contributed by atoms with Crippen molar-refractivity contribution in [1.82, 2.24) is 0 Å². The minimum Gasteiger partial charge on any atom is -0.399 e. The summed E-state index contributed by atoms with van der Waals surface area (Å²) >= 11 is 0. The summed E-state index contributed by atoms with van der Waals surface area (Å²) in [4.78, 5) is 0. The van der Waals surface area contributed by atoms with Crippen molar-refractivity contribution in [2.24, 2.45) is 5.41 Å². The molecule has 0 saturated heterocycles. The van der Waals surface area contributed by atoms with Gasteiger partial charge in [0, 0.05) is 17.9 Å². The second kappa shape index (κ2) is 4.18. The van der Waals surface area contributed by atoms with Gasteiger partial charge in [0.15, 0.2) is 0 Å². The van der Waals surface area contributed by atoms with Crippen LogP contribution in [0.2, 0.25) is 0 Å². The summed E-state index contributed by atoms with van der Waals surface area (Å²) in [5, 5.41) is 3.33. The fourth-order valence-corrected chi connectivity index (χ4v) is 1.05. The molecule has 0 fully saturated rings. The van der Waals surface area contributed by atoms with Crippen LogP contribution in [0.3, 0.4) is 0 Å². The van der Waals surface area contributed by atoms with Crippen molar-refractivity contribution in [2.75, 3.05) is 17.6 Å². The minimum absolute atomic E-state index is 0.102. The molecular weight excluding hydrogens is 172 g/mol. The molecule has 76 valence electrons. The maximum absolute atomic E-state index is 5.67. The van der Waals surface area contributed by atoms with Crippen molar-refractivity contribution in [3.63, 3.8) is 0 Å². The lowest BCUT2D eigenvalue weighted by Gasteiger charge is -2.20. The third-order valence-electron chi connectivity index (χ3n) is 2.19. The molecule has 0 atom stereocenters. The molecule has 0 unspecified atom stereocenters. The van der Waals surface area contributed by atoms with E-state index in [2.05, 4.69) is 25.7 Å². The predicted molar refractivity (Wildman–Crippen MR) is 63.3 cm³/mol. The van der Waals surface area contributed by atoms with E-state index in [-0.39, 0.29) is 5.41 Å². The summed E-state index contributed by atoms with van der Waals surface area (Å²) in [5.41, 5.74) is 7.61. The van der Waals surface area contributed by atoms with Crippen LogP contribution in [0.5, 0.6) is 0 Å². The molecule has 0 radical (unpaired) electrons. The Kier molecular flexibility index (Phi) is 3.18. The van der Waals surface area contributed by atoms with Crippen LogP contribution in [-0.4, -0.2) is 6.54 Å². The third-order valence-corrected chi connectivity index (χ3v) is 2.19. The van der Waals surface area contributed by atoms with E-state index in [1.807, 2.05) is 30.3 Å². The Hall–Kier alpha value is -1.44. The third kappa shape index (κ3) is 3.13. The van der Waals surface area contributed by atoms with Gasteiger partial charge in [-0.3, -0.25) is 0 Å². The Morgan fingerprint density at radius 2 is 2.21 bits per heavy atom. The van der Waals surface area contributed by atoms with E-state index in [0.717, 1.165) is 17.9 Å². The van der Waals surface area contributed by atoms with Crippen molar-refractivity contribution >= 4 is 11.4 Å². The molecule has 14 heavy (non-hydrogen) atoms. The number of nitrogen functional groups attached to an aromatic ring is 1. The molecule has 0 amide bonds. The molecule has 1 aromatic rings. The zero-order valence-electron chi connectivity index (χ0n) is 8.88. The molecule has 2 heteroatoms. The van der Waals surface area contributed by atoms with Crippen LogP contribution in [0.4, 0.5) is 11.4 Å². The Morgan fingerprint density at radius 1 is 1.50 bits per heavy atom. The summed E-state index contributed by atoms with van der Waals surface area (Å²) in [6, 6.07) is 7.76. The van der Waals surface area contributed by atoms with Gasteiger partial charge in [-0.05, 0) is 23.6 Å². The van der Waals surface area contributed by atoms with Gasteiger partial charge in [0.2, 0.25) is 0 Å². The summed E-state index contributed by atoms with van der Waals surface area (Å²) in [6.45, 7) is 8.93. The molecule has 0 heterocycles. The SMILES string of the molecule is C=CC(C)(C)CNc1cccc(N)c1. The molecule has 0 spiro atoms. The first-order chi connectivity index (χ1) is 6.53. The topological polar surface area (TPSA) is 38.0 Å². The molecule has 1 rings (SSSR count). The maximum Gasteiger partial charge on any atom is 0.0361 e. The van der Waals surface area contributed by atoms with Crippen LogP contribution in [-0.2, 0) is 0 Å². The Labute approximate surface area is 85.8 Å². The van der Waals surface area contributed by atoms with Crippen LogP contribution in [0.15, 0.2) is 36.9 Å². The van der Waals surface area contributed by atoms with Gasteiger partial charge in [-0.2, -0.15) is 0 Å². The maximum atomic E-state index is 5.67. The van der Waals surface area contributed by atoms with Gasteiger partial charge in [0.25, 0.3) is 0 Å². The highest BCUT2D eigenvalue weighted by Gasteiger charge is 2.11. The van der Waals surface area contributed by atoms with E-state index in [4.69, 9.17) is 5.73 Å². The van der Waals surface area contributed by atoms with Gasteiger partial charge < -0.3 is 11.1 Å². The predicted octanol–water partition coefficient (Wildman–Crippen LogP) is 2.89. The number of rotatable bonds is 4. The van der Waals surface area contributed by atoms with Gasteiger partial charge in [0.05, 0.1) is 0 Å². The highest BCUT2D eigenvalue weighted by atomic mass is 14.9. The van der Waals surface area contributed by atoms with Crippen molar-refractivity contribution in [2.45, 2.75) is 13.8 Å². The van der Waals surface area contributed by atoms with E-state index in [1.54, 1.807) is 0 Å². The standard InChI is InChI=1S/C12H18N2/c1-4-12(2,3)9-14-11-7-5-6-10(13)8-11/h4-8,14H,1,9,13H2,2-3H3. The molecule has 0 aromatic heterocycles. The van der Waals surface area contributed by atoms with E-state index in [0.29, 0.717) is 0 Å². The molecule has 0 bridgehead atoms. The average Bonchev–Trinajstić information content (AvgIpc) is 2.15. The monoisotopic (exact) mass is 190 g/mol. The van der Waals surface area contributed by atoms with Gasteiger partial charge >= 0.3 is 0 Å². The fourth-order valence-electron chi connectivity index (χ4n) is 1.05. The number of hydrogen-bond donors (Lipinski definition) is 2. The zero-order chi connectivity index (χ0) is 10.6. The smallest absolute Gasteiger partial charge is 0.0361 e. The second-order valence-corrected chi connectivity index (χ2v) is 4.17. The number of anilines is 2. The highest BCUT2D eigenvalue weighted by Crippen LogP contribution is 2.18. The first-order valence-electron chi connectivity index (χ1n) is 4.76. The molecule has 1 aromatic carbocycles. The Bertz CT molecular complexity index is 316. The fraction of sp³-hybridized carbons (Fsp3) is 0.333. The highest BCUT2D eigenvalue weighted by molar-refractivity contribution is 5.54. The second-order valence-electron chi connectivity index (χ2n) is 4.17. The normalized spacial score (nSPS) is 11.0. The molecule has 0 aliphatic rings. The number of hydrogen-bond acceptors (Lipinski definition) is 2. The van der Waals surface area contributed by atoms with Gasteiger partial charge in [0.1, 0.15) is 0 Å². The molecule has 0 saturated carbocycles. The van der Waals surface area contributed by atoms with E-state index < -0.39 is 0 Å². The van der Waals surface area contributed by atoms with Gasteiger partial charge in [-0.1, -0.05) is 26.0 Å². The van der Waals surface area contributed by atoms with Gasteiger partial charge in [-0.25, -0.2) is 0 Å². The van der Waals surface area contributed by atoms with Crippen LogP contribution in [0.1, 0.15) is 13.8 Å². The van der Waals surface area contributed by atoms with Gasteiger partial charge in [-0.15, -0.1) is 6.58 Å². The van der Waals surface area contributed by atoms with E-state index >= 15 is 0 Å². The van der Waals surface area contributed by atoms with Crippen molar-refractivity contribution in [3.05, 3.63) is 36.9 Å². The lowest BCUT2D eigenvalue weighted by atomic mass is 9.94. The summed E-state index contributed by atoms with van der Waals surface area (Å²) in [5.74, 6) is 0. The van der Waals surface area contributed by atoms with E-state index in [1.165, 1.54) is 0 Å². The molecule has 2 nitrogen and oxygen atoms in total. The Morgan fingerprint density at radius 3 is 2.79 bits per heavy atom. The molecule has 3 N–H and O–H groups in total. The van der Waals surface area contributed by atoms with Crippen LogP contribution < -0.4 is 11.1 Å². The number of nitrogens with one attached hydrogen (secondary N) is 1. The molecule has 0 aliphatic heterocycles. The minimum atomic E-state index is 0.102. The Balaban J connectivity index is 2.58. The first-order valence-corrected chi connectivity index (χ1v) is 4.76. The largest absolute Gasteiger partial charge is 0.399 e. The van der Waals surface area contributed by atoms with Crippen LogP contribution in [0, 0.1) is 5.41 Å². The van der Waals surface area contributed by atoms with Crippen LogP contribution >= 0.6 is 0 Å². The lowest BCUT2D eigenvalue weighted by molar-refractivity contribution is 0.514. The summed E-state index contributed by atoms with van der Waals surface area (Å²) in [6.07, 6.45) is 1.95. The van der Waals surface area contributed by atoms with Crippen LogP contribution in [0.25, 0.3) is 0 Å². The summed E-state index contributed by atoms with van der Waals surface area (Å²) in [7, 11) is 0. The lowest BCUT2D eigenvalue weighted by Crippen LogP contribution is -2.20. The van der Waals surface area contributed by atoms with Crippen molar-refractivity contribution in [3.8, 4) is 0 Å². The quantitative estimate of drug-likeness (QED) is 0.566. The first kappa shape index (κ1) is 10.6. The molecular formula is C12H18N2. The number of benzene rings is 1. The summed E-state index contributed by atoms with van der Waals surface area (Å²) < 4.78 is 0. The number of nitrogens with two attached hydrogens (primary N) is 1. The molecule has 0 aliphatic carbocycles. The average molecular weight is 190 g/mol. The zero-order valence-corrected chi connectivity index (χ0v) is 8.88. The van der Waals surface area contributed by atoms with E-state index in [9.17, 15) is 0 Å².